The van der Waals surface area contributed by atoms with Crippen molar-refractivity contribution in [1.29, 1.82) is 0 Å². The molecule has 1 nitrogen and oxygen atoms in total. The van der Waals surface area contributed by atoms with Crippen LogP contribution in [0.3, 0.4) is 0 Å². The highest BCUT2D eigenvalue weighted by Crippen LogP contribution is 2.31. The quantitative estimate of drug-likeness (QED) is 0.280. The number of benzene rings is 1. The summed E-state index contributed by atoms with van der Waals surface area (Å²) in [5.41, 5.74) is 0.646. The van der Waals surface area contributed by atoms with Crippen LogP contribution >= 0.6 is 0 Å². The van der Waals surface area contributed by atoms with Crippen LogP contribution in [0.2, 0.25) is 0 Å². The Bertz CT molecular complexity index is 493. The summed E-state index contributed by atoms with van der Waals surface area (Å²) in [6.07, 6.45) is 12.9. The van der Waals surface area contributed by atoms with Gasteiger partial charge in [-0.3, -0.25) is 0 Å². The van der Waals surface area contributed by atoms with Crippen LogP contribution in [-0.2, 0) is 11.2 Å². The number of unbranched alkanes of at least 4 members (excludes halogenated alkanes) is 6. The molecule has 0 saturated heterocycles. The molecule has 0 N–H and O–H groups in total. The van der Waals surface area contributed by atoms with E-state index in [9.17, 15) is 8.78 Å². The molecule has 0 aromatic heterocycles. The summed E-state index contributed by atoms with van der Waals surface area (Å²) in [5.74, 6) is -0.431. The van der Waals surface area contributed by atoms with Gasteiger partial charge in [-0.2, -0.15) is 0 Å². The van der Waals surface area contributed by atoms with E-state index in [4.69, 9.17) is 4.74 Å². The van der Waals surface area contributed by atoms with Crippen molar-refractivity contribution in [2.75, 3.05) is 6.61 Å². The Labute approximate surface area is 165 Å². The van der Waals surface area contributed by atoms with Gasteiger partial charge in [0, 0.05) is 12.7 Å². The second-order valence-corrected chi connectivity index (χ2v) is 8.31. The van der Waals surface area contributed by atoms with Gasteiger partial charge in [-0.05, 0) is 70.1 Å². The fraction of sp³-hybridized carbons (Fsp3) is 0.750. The minimum atomic E-state index is -0.483. The van der Waals surface area contributed by atoms with Gasteiger partial charge in [-0.1, -0.05) is 51.9 Å². The summed E-state index contributed by atoms with van der Waals surface area (Å²) >= 11 is 0. The highest BCUT2D eigenvalue weighted by atomic mass is 19.1. The second-order valence-electron chi connectivity index (χ2n) is 8.31. The highest BCUT2D eigenvalue weighted by Gasteiger charge is 2.29. The molecule has 156 valence electrons. The SMILES string of the molecule is CCCCCCCCC(CCCCc1cc(F)cc(F)c1)C(C)(C)OCC. The molecule has 0 saturated carbocycles. The maximum atomic E-state index is 13.3. The van der Waals surface area contributed by atoms with Crippen molar-refractivity contribution in [2.45, 2.75) is 104 Å². The van der Waals surface area contributed by atoms with Gasteiger partial charge in [0.25, 0.3) is 0 Å². The molecule has 0 spiro atoms. The number of aryl methyl sites for hydroxylation is 1. The minimum Gasteiger partial charge on any atom is -0.376 e. The van der Waals surface area contributed by atoms with E-state index in [0.29, 0.717) is 5.92 Å². The predicted octanol–water partition coefficient (Wildman–Crippen LogP) is 7.86. The van der Waals surface area contributed by atoms with Gasteiger partial charge >= 0.3 is 0 Å². The summed E-state index contributed by atoms with van der Waals surface area (Å²) in [4.78, 5) is 0. The van der Waals surface area contributed by atoms with E-state index in [-0.39, 0.29) is 5.60 Å². The number of hydrogen-bond acceptors (Lipinski definition) is 1. The molecular formula is C24H40F2O. The number of hydrogen-bond donors (Lipinski definition) is 0. The van der Waals surface area contributed by atoms with Gasteiger partial charge in [-0.15, -0.1) is 0 Å². The summed E-state index contributed by atoms with van der Waals surface area (Å²) < 4.78 is 32.6. The Morgan fingerprint density at radius 2 is 1.37 bits per heavy atom. The Morgan fingerprint density at radius 3 is 1.96 bits per heavy atom. The van der Waals surface area contributed by atoms with Crippen molar-refractivity contribution in [3.8, 4) is 0 Å². The Hall–Kier alpha value is -0.960. The molecule has 1 aromatic rings. The summed E-state index contributed by atoms with van der Waals surface area (Å²) in [5, 5.41) is 0. The Kier molecular flexibility index (Phi) is 11.8. The Balaban J connectivity index is 2.43. The zero-order chi connectivity index (χ0) is 20.1. The van der Waals surface area contributed by atoms with Crippen molar-refractivity contribution >= 4 is 0 Å². The first-order valence-corrected chi connectivity index (χ1v) is 11.0. The molecule has 0 radical (unpaired) electrons. The smallest absolute Gasteiger partial charge is 0.126 e. The maximum Gasteiger partial charge on any atom is 0.126 e. The summed E-state index contributed by atoms with van der Waals surface area (Å²) in [6, 6.07) is 3.83. The minimum absolute atomic E-state index is 0.108. The van der Waals surface area contributed by atoms with E-state index in [1.807, 2.05) is 0 Å². The van der Waals surface area contributed by atoms with E-state index in [2.05, 4.69) is 27.7 Å². The number of halogens is 2. The molecule has 1 rings (SSSR count). The van der Waals surface area contributed by atoms with Gasteiger partial charge in [0.05, 0.1) is 5.60 Å². The second kappa shape index (κ2) is 13.3. The highest BCUT2D eigenvalue weighted by molar-refractivity contribution is 5.17. The molecular weight excluding hydrogens is 342 g/mol. The molecule has 0 fully saturated rings. The fourth-order valence-electron chi connectivity index (χ4n) is 3.98. The average Bonchev–Trinajstić information content (AvgIpc) is 2.58. The lowest BCUT2D eigenvalue weighted by Gasteiger charge is -2.34. The van der Waals surface area contributed by atoms with Crippen molar-refractivity contribution in [3.05, 3.63) is 35.4 Å². The van der Waals surface area contributed by atoms with E-state index in [1.54, 1.807) is 0 Å². The molecule has 3 heteroatoms. The molecule has 0 aliphatic carbocycles. The van der Waals surface area contributed by atoms with Crippen LogP contribution in [0.15, 0.2) is 18.2 Å². The molecule has 0 bridgehead atoms. The summed E-state index contributed by atoms with van der Waals surface area (Å²) in [6.45, 7) is 9.46. The van der Waals surface area contributed by atoms with Crippen LogP contribution in [0.4, 0.5) is 8.78 Å². The molecule has 0 heterocycles. The first-order valence-electron chi connectivity index (χ1n) is 11.0. The van der Waals surface area contributed by atoms with E-state index in [0.717, 1.165) is 43.9 Å². The third-order valence-electron chi connectivity index (χ3n) is 5.60. The number of rotatable bonds is 15. The molecule has 27 heavy (non-hydrogen) atoms. The third kappa shape index (κ3) is 10.2. The van der Waals surface area contributed by atoms with Crippen molar-refractivity contribution < 1.29 is 13.5 Å². The zero-order valence-electron chi connectivity index (χ0n) is 18.0. The topological polar surface area (TPSA) is 9.23 Å². The normalized spacial score (nSPS) is 13.1. The lowest BCUT2D eigenvalue weighted by Crippen LogP contribution is -2.34. The molecule has 1 aromatic carbocycles. The first kappa shape index (κ1) is 24.1. The van der Waals surface area contributed by atoms with Gasteiger partial charge in [-0.25, -0.2) is 8.78 Å². The van der Waals surface area contributed by atoms with Gasteiger partial charge in [0.15, 0.2) is 0 Å². The lowest BCUT2D eigenvalue weighted by atomic mass is 9.82. The molecule has 0 aliphatic rings. The van der Waals surface area contributed by atoms with Crippen LogP contribution in [0.25, 0.3) is 0 Å². The van der Waals surface area contributed by atoms with E-state index in [1.165, 1.54) is 57.1 Å². The van der Waals surface area contributed by atoms with Crippen molar-refractivity contribution in [3.63, 3.8) is 0 Å². The fourth-order valence-corrected chi connectivity index (χ4v) is 3.98. The van der Waals surface area contributed by atoms with Gasteiger partial charge in [0.2, 0.25) is 0 Å². The van der Waals surface area contributed by atoms with Gasteiger partial charge in [0.1, 0.15) is 11.6 Å². The van der Waals surface area contributed by atoms with E-state index >= 15 is 0 Å². The van der Waals surface area contributed by atoms with Crippen LogP contribution < -0.4 is 0 Å². The predicted molar refractivity (Wildman–Crippen MR) is 111 cm³/mol. The monoisotopic (exact) mass is 382 g/mol. The number of ether oxygens (including phenoxy) is 1. The average molecular weight is 383 g/mol. The standard InChI is InChI=1S/C24H40F2O/c1-5-7-8-9-10-11-15-21(24(3,4)27-6-2)16-13-12-14-20-17-22(25)19-23(26)18-20/h17-19,21H,5-16H2,1-4H3. The maximum absolute atomic E-state index is 13.3. The largest absolute Gasteiger partial charge is 0.376 e. The lowest BCUT2D eigenvalue weighted by molar-refractivity contribution is -0.0605. The van der Waals surface area contributed by atoms with Crippen LogP contribution in [0.1, 0.15) is 97.5 Å². The zero-order valence-corrected chi connectivity index (χ0v) is 18.0. The van der Waals surface area contributed by atoms with Crippen LogP contribution in [-0.4, -0.2) is 12.2 Å². The van der Waals surface area contributed by atoms with Crippen LogP contribution in [0.5, 0.6) is 0 Å². The molecule has 1 unspecified atom stereocenters. The molecule has 1 atom stereocenters. The Morgan fingerprint density at radius 1 is 0.815 bits per heavy atom. The molecule has 0 aliphatic heterocycles. The van der Waals surface area contributed by atoms with Gasteiger partial charge < -0.3 is 4.74 Å². The summed E-state index contributed by atoms with van der Waals surface area (Å²) in [7, 11) is 0. The molecule has 0 amide bonds. The van der Waals surface area contributed by atoms with Crippen molar-refractivity contribution in [2.24, 2.45) is 5.92 Å². The van der Waals surface area contributed by atoms with Crippen LogP contribution in [0, 0.1) is 17.6 Å². The van der Waals surface area contributed by atoms with E-state index < -0.39 is 11.6 Å². The first-order chi connectivity index (χ1) is 12.9. The third-order valence-corrected chi connectivity index (χ3v) is 5.60. The van der Waals surface area contributed by atoms with Crippen molar-refractivity contribution in [1.82, 2.24) is 0 Å².